The van der Waals surface area contributed by atoms with Crippen LogP contribution in [0.1, 0.15) is 76.0 Å². The highest BCUT2D eigenvalue weighted by Gasteiger charge is 2.51. The van der Waals surface area contributed by atoms with E-state index in [0.717, 1.165) is 33.9 Å². The summed E-state index contributed by atoms with van der Waals surface area (Å²) < 4.78 is 27.9. The Morgan fingerprint density at radius 2 is 1.45 bits per heavy atom. The van der Waals surface area contributed by atoms with Gasteiger partial charge < -0.3 is 10.2 Å². The molecular formula is C39H47Cl2N3O4S. The smallest absolute Gasteiger partial charge is 0.244 e. The molecule has 0 aliphatic heterocycles. The molecule has 0 spiro atoms. The molecule has 3 aromatic carbocycles. The number of carbonyl (C=O) groups is 2. The van der Waals surface area contributed by atoms with Gasteiger partial charge in [0.05, 0.1) is 22.0 Å². The lowest BCUT2D eigenvalue weighted by molar-refractivity contribution is -0.140. The first-order chi connectivity index (χ1) is 23.1. The van der Waals surface area contributed by atoms with Crippen molar-refractivity contribution in [2.75, 3.05) is 17.1 Å². The summed E-state index contributed by atoms with van der Waals surface area (Å²) in [4.78, 5) is 30.0. The summed E-state index contributed by atoms with van der Waals surface area (Å²) in [5.74, 6) is 1.52. The van der Waals surface area contributed by atoms with Gasteiger partial charge in [0.25, 0.3) is 0 Å². The van der Waals surface area contributed by atoms with Gasteiger partial charge in [0.15, 0.2) is 0 Å². The van der Waals surface area contributed by atoms with Crippen LogP contribution in [0.25, 0.3) is 0 Å². The van der Waals surface area contributed by atoms with Crippen LogP contribution in [0, 0.1) is 17.8 Å². The molecule has 0 saturated heterocycles. The minimum atomic E-state index is -3.88. The van der Waals surface area contributed by atoms with Crippen LogP contribution in [-0.4, -0.2) is 49.5 Å². The van der Waals surface area contributed by atoms with Crippen molar-refractivity contribution in [2.24, 2.45) is 17.8 Å². The fourth-order valence-electron chi connectivity index (χ4n) is 8.90. The van der Waals surface area contributed by atoms with E-state index in [4.69, 9.17) is 23.2 Å². The second-order valence-electron chi connectivity index (χ2n) is 15.7. The maximum absolute atomic E-state index is 14.5. The summed E-state index contributed by atoms with van der Waals surface area (Å²) >= 11 is 12.6. The van der Waals surface area contributed by atoms with E-state index in [0.29, 0.717) is 21.3 Å². The van der Waals surface area contributed by atoms with Crippen molar-refractivity contribution < 1.29 is 18.0 Å². The molecule has 1 atom stereocenters. The van der Waals surface area contributed by atoms with Crippen molar-refractivity contribution in [1.82, 2.24) is 10.2 Å². The molecule has 10 heteroatoms. The first-order valence-corrected chi connectivity index (χ1v) is 19.9. The Balaban J connectivity index is 1.32. The Bertz CT molecular complexity index is 1760. The Morgan fingerprint density at radius 3 is 1.98 bits per heavy atom. The van der Waals surface area contributed by atoms with Gasteiger partial charge in [-0.25, -0.2) is 8.42 Å². The van der Waals surface area contributed by atoms with E-state index in [9.17, 15) is 18.0 Å². The van der Waals surface area contributed by atoms with Gasteiger partial charge >= 0.3 is 0 Å². The summed E-state index contributed by atoms with van der Waals surface area (Å²) in [5.41, 5.74) is 2.83. The second-order valence-corrected chi connectivity index (χ2v) is 18.5. The zero-order valence-corrected chi connectivity index (χ0v) is 31.1. The van der Waals surface area contributed by atoms with Crippen molar-refractivity contribution in [3.63, 3.8) is 0 Å². The molecule has 7 nitrogen and oxygen atoms in total. The zero-order valence-electron chi connectivity index (χ0n) is 28.8. The third-order valence-electron chi connectivity index (χ3n) is 10.6. The molecule has 4 saturated carbocycles. The molecule has 2 amide bonds. The van der Waals surface area contributed by atoms with Gasteiger partial charge in [-0.05, 0) is 123 Å². The van der Waals surface area contributed by atoms with Gasteiger partial charge in [0, 0.05) is 18.5 Å². The van der Waals surface area contributed by atoms with Crippen molar-refractivity contribution in [1.29, 1.82) is 0 Å². The minimum absolute atomic E-state index is 0.0212. The molecule has 262 valence electrons. The number of hydrogen-bond donors (Lipinski definition) is 1. The number of amides is 2. The van der Waals surface area contributed by atoms with Crippen molar-refractivity contribution in [3.05, 3.63) is 99.5 Å². The second kappa shape index (κ2) is 13.9. The Kier molecular flexibility index (Phi) is 10.2. The maximum atomic E-state index is 14.5. The normalized spacial score (nSPS) is 23.6. The fourth-order valence-corrected chi connectivity index (χ4v) is 10.1. The highest BCUT2D eigenvalue weighted by Crippen LogP contribution is 2.60. The predicted molar refractivity (Wildman–Crippen MR) is 197 cm³/mol. The molecule has 0 radical (unpaired) electrons. The van der Waals surface area contributed by atoms with Crippen LogP contribution in [0.15, 0.2) is 72.8 Å². The van der Waals surface area contributed by atoms with E-state index in [2.05, 4.69) is 17.4 Å². The molecule has 7 rings (SSSR count). The van der Waals surface area contributed by atoms with Crippen LogP contribution in [0.3, 0.4) is 0 Å². The van der Waals surface area contributed by atoms with E-state index in [1.807, 2.05) is 63.2 Å². The van der Waals surface area contributed by atoms with Gasteiger partial charge in [-0.3, -0.25) is 13.9 Å². The zero-order chi connectivity index (χ0) is 35.1. The first kappa shape index (κ1) is 35.7. The van der Waals surface area contributed by atoms with Gasteiger partial charge in [0.2, 0.25) is 21.8 Å². The number of benzene rings is 3. The molecule has 3 aromatic rings. The average Bonchev–Trinajstić information content (AvgIpc) is 3.01. The highest BCUT2D eigenvalue weighted by atomic mass is 35.5. The molecule has 1 N–H and O–H groups in total. The van der Waals surface area contributed by atoms with Crippen molar-refractivity contribution >= 4 is 50.7 Å². The van der Waals surface area contributed by atoms with E-state index in [1.165, 1.54) is 49.0 Å². The number of nitrogens with zero attached hydrogens (tertiary/aromatic N) is 2. The summed E-state index contributed by atoms with van der Waals surface area (Å²) in [7, 11) is -3.88. The molecule has 49 heavy (non-hydrogen) atoms. The van der Waals surface area contributed by atoms with Crippen LogP contribution >= 0.6 is 23.2 Å². The number of sulfonamides is 1. The molecule has 0 heterocycles. The van der Waals surface area contributed by atoms with Crippen LogP contribution in [-0.2, 0) is 38.0 Å². The van der Waals surface area contributed by atoms with E-state index >= 15 is 0 Å². The minimum Gasteiger partial charge on any atom is -0.350 e. The Hall–Kier alpha value is -3.07. The summed E-state index contributed by atoms with van der Waals surface area (Å²) in [5, 5.41) is 3.74. The maximum Gasteiger partial charge on any atom is 0.244 e. The third kappa shape index (κ3) is 8.29. The number of hydrogen-bond acceptors (Lipinski definition) is 4. The van der Waals surface area contributed by atoms with Gasteiger partial charge in [0.1, 0.15) is 12.6 Å². The van der Waals surface area contributed by atoms with E-state index in [-0.39, 0.29) is 24.3 Å². The van der Waals surface area contributed by atoms with Crippen LogP contribution < -0.4 is 9.62 Å². The highest BCUT2D eigenvalue weighted by molar-refractivity contribution is 7.92. The molecule has 0 aromatic heterocycles. The van der Waals surface area contributed by atoms with Gasteiger partial charge in [-0.15, -0.1) is 0 Å². The SMILES string of the molecule is CC(C)(C)NC(=O)[C@H](Cc1ccccc1)N(Cc1ccc(Cl)c(Cl)c1)C(=O)CN(c1ccc(C23CC4CC(CC(C4)C2)C3)cc1)S(C)(=O)=O. The lowest BCUT2D eigenvalue weighted by Crippen LogP contribution is -2.56. The summed E-state index contributed by atoms with van der Waals surface area (Å²) in [6.45, 7) is 5.20. The quantitative estimate of drug-likeness (QED) is 0.219. The number of nitrogens with one attached hydrogen (secondary N) is 1. The van der Waals surface area contributed by atoms with Crippen molar-refractivity contribution in [2.45, 2.75) is 89.3 Å². The van der Waals surface area contributed by atoms with E-state index in [1.54, 1.807) is 18.2 Å². The standard InChI is InChI=1S/C39H47Cl2N3O4S/c1-38(2,3)42-37(46)35(20-26-8-6-5-7-9-26)43(24-27-10-15-33(40)34(41)19-27)36(45)25-44(49(4,47)48)32-13-11-31(12-14-32)39-21-28-16-29(22-39)18-30(17-28)23-39/h5-15,19,28-30,35H,16-18,20-25H2,1-4H3,(H,42,46)/t28?,29?,30?,35-,39?/m0/s1. The van der Waals surface area contributed by atoms with Crippen LogP contribution in [0.2, 0.25) is 10.0 Å². The van der Waals surface area contributed by atoms with Gasteiger partial charge in [-0.1, -0.05) is 71.7 Å². The number of anilines is 1. The Labute approximate surface area is 301 Å². The van der Waals surface area contributed by atoms with E-state index < -0.39 is 34.1 Å². The fraction of sp³-hybridized carbons (Fsp3) is 0.487. The van der Waals surface area contributed by atoms with Crippen molar-refractivity contribution in [3.8, 4) is 0 Å². The number of halogens is 2. The number of rotatable bonds is 11. The largest absolute Gasteiger partial charge is 0.350 e. The molecule has 4 bridgehead atoms. The lowest BCUT2D eigenvalue weighted by Gasteiger charge is -2.57. The Morgan fingerprint density at radius 1 is 0.857 bits per heavy atom. The molecule has 4 aliphatic carbocycles. The van der Waals surface area contributed by atoms with Crippen LogP contribution in [0.5, 0.6) is 0 Å². The monoisotopic (exact) mass is 723 g/mol. The molecule has 0 unspecified atom stereocenters. The third-order valence-corrected chi connectivity index (χ3v) is 12.5. The first-order valence-electron chi connectivity index (χ1n) is 17.3. The predicted octanol–water partition coefficient (Wildman–Crippen LogP) is 7.78. The summed E-state index contributed by atoms with van der Waals surface area (Å²) in [6.07, 6.45) is 9.00. The topological polar surface area (TPSA) is 86.8 Å². The average molecular weight is 725 g/mol. The number of carbonyl (C=O) groups excluding carboxylic acids is 2. The molecular weight excluding hydrogens is 677 g/mol. The summed E-state index contributed by atoms with van der Waals surface area (Å²) in [6, 6.07) is 21.5. The van der Waals surface area contributed by atoms with Gasteiger partial charge in [-0.2, -0.15) is 0 Å². The molecule has 4 fully saturated rings. The molecule has 4 aliphatic rings. The van der Waals surface area contributed by atoms with Crippen LogP contribution in [0.4, 0.5) is 5.69 Å². The lowest BCUT2D eigenvalue weighted by atomic mass is 9.48.